The Balaban J connectivity index is 0.000000248. The molecule has 5 rings (SSSR count). The molecule has 10 nitrogen and oxygen atoms in total. The fourth-order valence-electron chi connectivity index (χ4n) is 5.52. The van der Waals surface area contributed by atoms with Gasteiger partial charge in [-0.05, 0) is 56.5 Å². The number of aromatic amines is 1. The van der Waals surface area contributed by atoms with E-state index < -0.39 is 24.1 Å². The predicted octanol–water partition coefficient (Wildman–Crippen LogP) is 0.924. The number of fused-ring (bicyclic) bond motifs is 2. The molecule has 6 atom stereocenters. The van der Waals surface area contributed by atoms with Crippen molar-refractivity contribution in [3.63, 3.8) is 0 Å². The highest BCUT2D eigenvalue weighted by molar-refractivity contribution is 5.99. The van der Waals surface area contributed by atoms with E-state index in [1.807, 2.05) is 0 Å². The minimum absolute atomic E-state index is 0.0304. The van der Waals surface area contributed by atoms with Crippen molar-refractivity contribution in [2.75, 3.05) is 13.6 Å². The SMILES string of the molecule is C[C@H]1C[C@H](C)N1C(=O)[C@@H]1C=C2c3cccc4[nH]cc(c34)C[C@H]2N(C)C1.O=C(O)[C@H](O)[C@@H](O)C(=O)O. The number of benzene rings is 1. The molecule has 0 unspecified atom stereocenters. The molecule has 2 aliphatic heterocycles. The van der Waals surface area contributed by atoms with Gasteiger partial charge in [0.05, 0.1) is 5.92 Å². The first-order chi connectivity index (χ1) is 16.5. The molecule has 188 valence electrons. The minimum atomic E-state index is -2.27. The van der Waals surface area contributed by atoms with Crippen molar-refractivity contribution < 1.29 is 34.8 Å². The second-order valence-electron chi connectivity index (χ2n) is 9.68. The van der Waals surface area contributed by atoms with Gasteiger partial charge in [-0.2, -0.15) is 0 Å². The van der Waals surface area contributed by atoms with Gasteiger partial charge in [-0.15, -0.1) is 0 Å². The highest BCUT2D eigenvalue weighted by Gasteiger charge is 2.42. The summed E-state index contributed by atoms with van der Waals surface area (Å²) in [7, 11) is 2.17. The van der Waals surface area contributed by atoms with E-state index >= 15 is 0 Å². The Bertz CT molecular complexity index is 1160. The van der Waals surface area contributed by atoms with E-state index in [0.717, 1.165) is 19.4 Å². The van der Waals surface area contributed by atoms with Gasteiger partial charge in [0.1, 0.15) is 0 Å². The van der Waals surface area contributed by atoms with Crippen molar-refractivity contribution in [1.29, 1.82) is 0 Å². The highest BCUT2D eigenvalue weighted by atomic mass is 16.4. The van der Waals surface area contributed by atoms with Crippen LogP contribution in [0.4, 0.5) is 0 Å². The Morgan fingerprint density at radius 1 is 1.06 bits per heavy atom. The topological polar surface area (TPSA) is 154 Å². The molecule has 1 fully saturated rings. The number of amides is 1. The summed E-state index contributed by atoms with van der Waals surface area (Å²) in [5, 5.41) is 33.9. The third-order valence-corrected chi connectivity index (χ3v) is 7.28. The summed E-state index contributed by atoms with van der Waals surface area (Å²) in [6.45, 7) is 5.14. The first-order valence-corrected chi connectivity index (χ1v) is 11.7. The third-order valence-electron chi connectivity index (χ3n) is 7.28. The number of carbonyl (C=O) groups excluding carboxylic acids is 1. The molecule has 35 heavy (non-hydrogen) atoms. The van der Waals surface area contributed by atoms with Crippen LogP contribution in [-0.4, -0.2) is 97.0 Å². The van der Waals surface area contributed by atoms with Crippen LogP contribution >= 0.6 is 0 Å². The molecule has 2 aromatic rings. The number of nitrogens with one attached hydrogen (secondary N) is 1. The molecule has 1 aromatic heterocycles. The lowest BCUT2D eigenvalue weighted by molar-refractivity contribution is -0.165. The molecule has 0 radical (unpaired) electrons. The number of nitrogens with zero attached hydrogens (tertiary/aromatic N) is 2. The fraction of sp³-hybridized carbons (Fsp3) is 0.480. The normalized spacial score (nSPS) is 27.0. The first kappa shape index (κ1) is 24.9. The average molecular weight is 486 g/mol. The Morgan fingerprint density at radius 2 is 1.69 bits per heavy atom. The Labute approximate surface area is 202 Å². The molecule has 1 saturated heterocycles. The molecule has 5 N–H and O–H groups in total. The summed E-state index contributed by atoms with van der Waals surface area (Å²) in [4.78, 5) is 40.5. The van der Waals surface area contributed by atoms with Gasteiger partial charge in [0.25, 0.3) is 0 Å². The van der Waals surface area contributed by atoms with Crippen LogP contribution in [0, 0.1) is 5.92 Å². The zero-order valence-electron chi connectivity index (χ0n) is 19.9. The number of aliphatic hydroxyl groups is 2. The van der Waals surface area contributed by atoms with Crippen molar-refractivity contribution in [3.05, 3.63) is 41.6 Å². The van der Waals surface area contributed by atoms with Gasteiger partial charge in [0.2, 0.25) is 5.91 Å². The van der Waals surface area contributed by atoms with E-state index in [9.17, 15) is 14.4 Å². The molecule has 1 aliphatic carbocycles. The van der Waals surface area contributed by atoms with Crippen LogP contribution in [0.25, 0.3) is 16.5 Å². The number of aromatic nitrogens is 1. The van der Waals surface area contributed by atoms with Crippen molar-refractivity contribution in [2.24, 2.45) is 5.92 Å². The Kier molecular flexibility index (Phi) is 6.72. The standard InChI is InChI=1S/C21H25N3O.C4H6O6/c1-12-7-13(2)24(12)21(25)15-8-17-16-5-4-6-18-20(16)14(10-22-18)9-19(17)23(3)11-15;5-1(3(7)8)2(6)4(9)10/h4-6,8,10,12-13,15,19,22H,7,9,11H2,1-3H3;1-2,5-6H,(H,7,8)(H,9,10)/t12-,13-,15+,19+;1-,2-/m01/s1. The summed E-state index contributed by atoms with van der Waals surface area (Å²) < 4.78 is 0. The maximum Gasteiger partial charge on any atom is 0.335 e. The maximum absolute atomic E-state index is 13.1. The summed E-state index contributed by atoms with van der Waals surface area (Å²) in [6.07, 6.45) is 2.04. The molecular weight excluding hydrogens is 454 g/mol. The molecule has 3 aliphatic rings. The molecule has 1 amide bonds. The van der Waals surface area contributed by atoms with E-state index in [1.54, 1.807) is 0 Å². The zero-order valence-corrected chi connectivity index (χ0v) is 19.9. The number of rotatable bonds is 4. The second kappa shape index (κ2) is 9.44. The number of likely N-dealkylation sites (N-methyl/N-ethyl adjacent to an activating group) is 1. The predicted molar refractivity (Wildman–Crippen MR) is 128 cm³/mol. The van der Waals surface area contributed by atoms with Crippen LogP contribution < -0.4 is 0 Å². The van der Waals surface area contributed by atoms with Gasteiger partial charge in [-0.3, -0.25) is 9.69 Å². The Hall–Kier alpha value is -3.21. The van der Waals surface area contributed by atoms with Crippen LogP contribution in [0.15, 0.2) is 30.5 Å². The number of carbonyl (C=O) groups is 3. The van der Waals surface area contributed by atoms with Gasteiger partial charge >= 0.3 is 11.9 Å². The fourth-order valence-corrected chi connectivity index (χ4v) is 5.52. The van der Waals surface area contributed by atoms with Gasteiger partial charge in [0, 0.05) is 41.8 Å². The number of aliphatic carboxylic acids is 2. The second-order valence-corrected chi connectivity index (χ2v) is 9.68. The van der Waals surface area contributed by atoms with Gasteiger partial charge in [0.15, 0.2) is 12.2 Å². The molecule has 10 heteroatoms. The molecule has 1 aromatic carbocycles. The van der Waals surface area contributed by atoms with Crippen molar-refractivity contribution >= 4 is 34.3 Å². The zero-order chi connectivity index (χ0) is 25.6. The molecule has 0 spiro atoms. The van der Waals surface area contributed by atoms with E-state index in [4.69, 9.17) is 20.4 Å². The number of hydrogen-bond donors (Lipinski definition) is 5. The minimum Gasteiger partial charge on any atom is -0.479 e. The van der Waals surface area contributed by atoms with Crippen LogP contribution in [0.3, 0.4) is 0 Å². The van der Waals surface area contributed by atoms with Crippen molar-refractivity contribution in [1.82, 2.24) is 14.8 Å². The summed E-state index contributed by atoms with van der Waals surface area (Å²) in [6, 6.07) is 7.62. The summed E-state index contributed by atoms with van der Waals surface area (Å²) in [5.74, 6) is -3.27. The smallest absolute Gasteiger partial charge is 0.335 e. The molecule has 0 bridgehead atoms. The monoisotopic (exact) mass is 485 g/mol. The largest absolute Gasteiger partial charge is 0.479 e. The highest BCUT2D eigenvalue weighted by Crippen LogP contribution is 2.41. The van der Waals surface area contributed by atoms with Crippen LogP contribution in [0.1, 0.15) is 31.4 Å². The van der Waals surface area contributed by atoms with E-state index in [1.165, 1.54) is 27.6 Å². The lowest BCUT2D eigenvalue weighted by atomic mass is 9.79. The van der Waals surface area contributed by atoms with Crippen molar-refractivity contribution in [2.45, 2.75) is 57.0 Å². The van der Waals surface area contributed by atoms with Crippen LogP contribution in [-0.2, 0) is 20.8 Å². The van der Waals surface area contributed by atoms with Crippen LogP contribution in [0.5, 0.6) is 0 Å². The number of H-pyrrole nitrogens is 1. The van der Waals surface area contributed by atoms with E-state index in [-0.39, 0.29) is 5.92 Å². The quantitative estimate of drug-likeness (QED) is 0.428. The Morgan fingerprint density at radius 3 is 2.26 bits per heavy atom. The van der Waals surface area contributed by atoms with Crippen molar-refractivity contribution in [3.8, 4) is 0 Å². The number of carboxylic acids is 2. The lowest BCUT2D eigenvalue weighted by Crippen LogP contribution is -2.59. The van der Waals surface area contributed by atoms with Gasteiger partial charge in [-0.1, -0.05) is 18.2 Å². The van der Waals surface area contributed by atoms with E-state index in [2.05, 4.69) is 66.2 Å². The molecule has 0 saturated carbocycles. The van der Waals surface area contributed by atoms with Crippen LogP contribution in [0.2, 0.25) is 0 Å². The maximum atomic E-state index is 13.1. The number of likely N-dealkylation sites (tertiary alicyclic amines) is 1. The number of hydrogen-bond acceptors (Lipinski definition) is 6. The molecule has 3 heterocycles. The van der Waals surface area contributed by atoms with Gasteiger partial charge < -0.3 is 30.3 Å². The number of aliphatic hydroxyl groups excluding tert-OH is 2. The first-order valence-electron chi connectivity index (χ1n) is 11.7. The van der Waals surface area contributed by atoms with E-state index in [0.29, 0.717) is 24.0 Å². The lowest BCUT2D eigenvalue weighted by Gasteiger charge is -2.48. The molecular formula is C25H31N3O7. The van der Waals surface area contributed by atoms with Gasteiger partial charge in [-0.25, -0.2) is 9.59 Å². The summed E-state index contributed by atoms with van der Waals surface area (Å²) in [5.41, 5.74) is 5.24. The average Bonchev–Trinajstić information content (AvgIpc) is 3.23. The third kappa shape index (κ3) is 4.44. The number of carboxylic acid groups (broad SMARTS) is 2. The summed E-state index contributed by atoms with van der Waals surface area (Å²) >= 11 is 0.